The highest BCUT2D eigenvalue weighted by Gasteiger charge is 2.40. The predicted octanol–water partition coefficient (Wildman–Crippen LogP) is 0.250. The van der Waals surface area contributed by atoms with E-state index in [0.717, 1.165) is 0 Å². The molecule has 0 saturated carbocycles. The van der Waals surface area contributed by atoms with E-state index in [4.69, 9.17) is 11.6 Å². The Labute approximate surface area is 78.4 Å². The van der Waals surface area contributed by atoms with Crippen LogP contribution in [0.5, 0.6) is 0 Å². The standard InChI is InChI=1S/C7H14ClNO2S/c1-9-5-7(4-8)2-3-12(10,11)6-7/h9H,2-6H2,1H3. The number of hydrogen-bond acceptors (Lipinski definition) is 3. The first kappa shape index (κ1) is 10.3. The Kier molecular flexibility index (Phi) is 3.01. The number of halogens is 1. The molecule has 0 aromatic heterocycles. The van der Waals surface area contributed by atoms with Crippen molar-refractivity contribution in [1.29, 1.82) is 0 Å². The van der Waals surface area contributed by atoms with Gasteiger partial charge in [-0.3, -0.25) is 0 Å². The molecule has 0 aliphatic carbocycles. The molecule has 0 radical (unpaired) electrons. The van der Waals surface area contributed by atoms with Gasteiger partial charge in [0.15, 0.2) is 9.84 Å². The fraction of sp³-hybridized carbons (Fsp3) is 1.00. The quantitative estimate of drug-likeness (QED) is 0.681. The van der Waals surface area contributed by atoms with Crippen molar-refractivity contribution in [3.05, 3.63) is 0 Å². The fourth-order valence-electron chi connectivity index (χ4n) is 1.65. The van der Waals surface area contributed by atoms with E-state index in [1.807, 2.05) is 7.05 Å². The van der Waals surface area contributed by atoms with Crippen molar-refractivity contribution in [1.82, 2.24) is 5.32 Å². The third kappa shape index (κ3) is 2.12. The van der Waals surface area contributed by atoms with Gasteiger partial charge >= 0.3 is 0 Å². The molecule has 1 rings (SSSR count). The van der Waals surface area contributed by atoms with Gasteiger partial charge in [0.2, 0.25) is 0 Å². The van der Waals surface area contributed by atoms with Crippen LogP contribution >= 0.6 is 11.6 Å². The lowest BCUT2D eigenvalue weighted by atomic mass is 9.90. The molecule has 1 heterocycles. The van der Waals surface area contributed by atoms with E-state index < -0.39 is 9.84 Å². The van der Waals surface area contributed by atoms with Crippen molar-refractivity contribution in [3.8, 4) is 0 Å². The van der Waals surface area contributed by atoms with Gasteiger partial charge in [-0.1, -0.05) is 0 Å². The zero-order valence-electron chi connectivity index (χ0n) is 7.14. The van der Waals surface area contributed by atoms with Crippen molar-refractivity contribution in [2.45, 2.75) is 6.42 Å². The monoisotopic (exact) mass is 211 g/mol. The Morgan fingerprint density at radius 3 is 2.58 bits per heavy atom. The maximum atomic E-state index is 11.2. The molecular formula is C7H14ClNO2S. The van der Waals surface area contributed by atoms with Crippen LogP contribution in [0.15, 0.2) is 0 Å². The third-order valence-electron chi connectivity index (χ3n) is 2.30. The molecule has 12 heavy (non-hydrogen) atoms. The molecule has 1 fully saturated rings. The summed E-state index contributed by atoms with van der Waals surface area (Å²) < 4.78 is 22.4. The molecule has 0 aromatic carbocycles. The molecule has 1 aliphatic heterocycles. The van der Waals surface area contributed by atoms with Gasteiger partial charge in [0.1, 0.15) is 0 Å². The lowest BCUT2D eigenvalue weighted by molar-refractivity contribution is 0.369. The minimum absolute atomic E-state index is 0.213. The number of nitrogens with one attached hydrogen (secondary N) is 1. The fourth-order valence-corrected chi connectivity index (χ4v) is 4.25. The van der Waals surface area contributed by atoms with Crippen molar-refractivity contribution in [2.75, 3.05) is 31.0 Å². The Morgan fingerprint density at radius 2 is 2.25 bits per heavy atom. The summed E-state index contributed by atoms with van der Waals surface area (Å²) in [5.41, 5.74) is -0.213. The number of alkyl halides is 1. The molecule has 0 amide bonds. The average molecular weight is 212 g/mol. The SMILES string of the molecule is CNCC1(CCl)CCS(=O)(=O)C1. The van der Waals surface area contributed by atoms with Crippen molar-refractivity contribution in [2.24, 2.45) is 5.41 Å². The second kappa shape index (κ2) is 3.52. The molecule has 1 saturated heterocycles. The molecule has 0 aromatic rings. The summed E-state index contributed by atoms with van der Waals surface area (Å²) in [5.74, 6) is 0.957. The first-order valence-electron chi connectivity index (χ1n) is 3.95. The van der Waals surface area contributed by atoms with E-state index in [1.54, 1.807) is 0 Å². The van der Waals surface area contributed by atoms with Gasteiger partial charge in [-0.2, -0.15) is 0 Å². The summed E-state index contributed by atoms with van der Waals surface area (Å²) in [4.78, 5) is 0. The van der Waals surface area contributed by atoms with Crippen LogP contribution in [0.25, 0.3) is 0 Å². The van der Waals surface area contributed by atoms with Crippen molar-refractivity contribution >= 4 is 21.4 Å². The molecule has 1 unspecified atom stereocenters. The summed E-state index contributed by atoms with van der Waals surface area (Å²) in [6, 6.07) is 0. The highest BCUT2D eigenvalue weighted by molar-refractivity contribution is 7.91. The molecule has 0 bridgehead atoms. The first-order valence-corrected chi connectivity index (χ1v) is 6.30. The maximum Gasteiger partial charge on any atom is 0.150 e. The topological polar surface area (TPSA) is 46.2 Å². The smallest absolute Gasteiger partial charge is 0.150 e. The van der Waals surface area contributed by atoms with E-state index in [-0.39, 0.29) is 11.2 Å². The summed E-state index contributed by atoms with van der Waals surface area (Å²) in [6.07, 6.45) is 0.694. The van der Waals surface area contributed by atoms with Crippen molar-refractivity contribution < 1.29 is 8.42 Å². The van der Waals surface area contributed by atoms with E-state index in [1.165, 1.54) is 0 Å². The van der Waals surface area contributed by atoms with Crippen LogP contribution in [0.1, 0.15) is 6.42 Å². The average Bonchev–Trinajstić information content (AvgIpc) is 2.29. The molecule has 1 N–H and O–H groups in total. The summed E-state index contributed by atoms with van der Waals surface area (Å²) >= 11 is 5.77. The second-order valence-electron chi connectivity index (χ2n) is 3.51. The van der Waals surface area contributed by atoms with E-state index in [9.17, 15) is 8.42 Å². The van der Waals surface area contributed by atoms with Gasteiger partial charge in [0.25, 0.3) is 0 Å². The van der Waals surface area contributed by atoms with Gasteiger partial charge in [0, 0.05) is 17.8 Å². The zero-order chi connectivity index (χ0) is 9.24. The van der Waals surface area contributed by atoms with Gasteiger partial charge in [0.05, 0.1) is 11.5 Å². The van der Waals surface area contributed by atoms with Crippen LogP contribution in [-0.4, -0.2) is 39.4 Å². The molecule has 5 heteroatoms. The second-order valence-corrected chi connectivity index (χ2v) is 5.96. The molecule has 1 aliphatic rings. The third-order valence-corrected chi connectivity index (χ3v) is 4.75. The zero-order valence-corrected chi connectivity index (χ0v) is 8.71. The van der Waals surface area contributed by atoms with Crippen LogP contribution in [0, 0.1) is 5.41 Å². The normalized spacial score (nSPS) is 33.8. The molecule has 72 valence electrons. The minimum Gasteiger partial charge on any atom is -0.319 e. The highest BCUT2D eigenvalue weighted by atomic mass is 35.5. The first-order chi connectivity index (χ1) is 5.54. The lowest BCUT2D eigenvalue weighted by Gasteiger charge is -2.23. The summed E-state index contributed by atoms with van der Waals surface area (Å²) in [6.45, 7) is 0.690. The summed E-state index contributed by atoms with van der Waals surface area (Å²) in [5, 5.41) is 2.99. The molecular weight excluding hydrogens is 198 g/mol. The minimum atomic E-state index is -2.81. The summed E-state index contributed by atoms with van der Waals surface area (Å²) in [7, 11) is -0.994. The van der Waals surface area contributed by atoms with E-state index in [2.05, 4.69) is 5.32 Å². The maximum absolute atomic E-state index is 11.2. The predicted molar refractivity (Wildman–Crippen MR) is 50.4 cm³/mol. The van der Waals surface area contributed by atoms with Crippen LogP contribution in [0.3, 0.4) is 0 Å². The van der Waals surface area contributed by atoms with Crippen LogP contribution < -0.4 is 5.32 Å². The highest BCUT2D eigenvalue weighted by Crippen LogP contribution is 2.32. The number of hydrogen-bond donors (Lipinski definition) is 1. The number of sulfone groups is 1. The van der Waals surface area contributed by atoms with Gasteiger partial charge in [-0.25, -0.2) is 8.42 Å². The van der Waals surface area contributed by atoms with Crippen LogP contribution in [0.4, 0.5) is 0 Å². The van der Waals surface area contributed by atoms with Crippen LogP contribution in [-0.2, 0) is 9.84 Å². The Bertz CT molecular complexity index is 252. The Balaban J connectivity index is 2.72. The van der Waals surface area contributed by atoms with Gasteiger partial charge < -0.3 is 5.32 Å². The van der Waals surface area contributed by atoms with Gasteiger partial charge in [-0.15, -0.1) is 11.6 Å². The lowest BCUT2D eigenvalue weighted by Crippen LogP contribution is -2.35. The van der Waals surface area contributed by atoms with E-state index in [0.29, 0.717) is 24.6 Å². The molecule has 0 spiro atoms. The molecule has 1 atom stereocenters. The Morgan fingerprint density at radius 1 is 1.58 bits per heavy atom. The van der Waals surface area contributed by atoms with Crippen molar-refractivity contribution in [3.63, 3.8) is 0 Å². The molecule has 3 nitrogen and oxygen atoms in total. The van der Waals surface area contributed by atoms with Gasteiger partial charge in [-0.05, 0) is 13.5 Å². The largest absolute Gasteiger partial charge is 0.319 e. The van der Waals surface area contributed by atoms with Crippen LogP contribution in [0.2, 0.25) is 0 Å². The van der Waals surface area contributed by atoms with E-state index >= 15 is 0 Å². The Hall–Kier alpha value is 0.200. The number of rotatable bonds is 3.